The Morgan fingerprint density at radius 1 is 0.954 bits per heavy atom. The van der Waals surface area contributed by atoms with Crippen molar-refractivity contribution >= 4 is 40.5 Å². The first-order chi connectivity index (χ1) is 31.3. The number of hydrogen-bond donors (Lipinski definition) is 4. The number of nitrogens with one attached hydrogen (secondary N) is 2. The summed E-state index contributed by atoms with van der Waals surface area (Å²) in [6, 6.07) is 17.3. The number of aromatic hydroxyl groups is 2. The SMILES string of the molecule is C=C(C(=O)NCC1CCN(C(=O)C2CCN(Cc3ccc(-n4c(-c5cc(CC)c(O)cc5O)n[nH]c4=O)cc3)CC2)C1)[C@@H]1N=C(c2ccc(Cl)cc2)c2c(sc(C)c2C)-n2c(C)nnc21. The molecule has 3 aromatic heterocycles. The first-order valence-corrected chi connectivity index (χ1v) is 23.1. The predicted octanol–water partition coefficient (Wildman–Crippen LogP) is 6.75. The number of benzene rings is 3. The van der Waals surface area contributed by atoms with Gasteiger partial charge in [0.05, 0.1) is 17.0 Å². The lowest BCUT2D eigenvalue weighted by Crippen LogP contribution is -2.42. The van der Waals surface area contributed by atoms with E-state index in [1.165, 1.54) is 10.6 Å². The molecule has 4 N–H and O–H groups in total. The standard InChI is InChI=1S/C48H51ClN10O5S/c1-6-32-21-37(39(61)22-38(32)60)43-53-55-48(64)59(43)36-13-7-30(8-14-36)24-56-18-16-34(17-19-56)46(63)57-20-15-31(25-57)23-50-45(62)27(3)41-44-54-52-29(5)58(44)47-40(26(2)28(4)65-47)42(51-41)33-9-11-35(49)12-10-33/h7-14,21-22,31,34,41,60-61H,3,6,15-20,23-25H2,1-2,4-5H3,(H,50,62)(H,55,64)/t31?,41-/m0/s1. The summed E-state index contributed by atoms with van der Waals surface area (Å²) < 4.78 is 3.40. The Kier molecular flexibility index (Phi) is 12.1. The van der Waals surface area contributed by atoms with E-state index >= 15 is 0 Å². The van der Waals surface area contributed by atoms with Gasteiger partial charge in [0.25, 0.3) is 0 Å². The minimum atomic E-state index is -0.780. The topological polar surface area (TPSA) is 187 Å². The minimum Gasteiger partial charge on any atom is -0.508 e. The molecule has 2 saturated heterocycles. The van der Waals surface area contributed by atoms with Gasteiger partial charge in [-0.2, -0.15) is 5.10 Å². The third-order valence-electron chi connectivity index (χ3n) is 13.1. The molecule has 2 atom stereocenters. The highest BCUT2D eigenvalue weighted by atomic mass is 35.5. The van der Waals surface area contributed by atoms with Crippen LogP contribution in [-0.2, 0) is 22.6 Å². The molecule has 0 saturated carbocycles. The van der Waals surface area contributed by atoms with Crippen LogP contribution in [0.4, 0.5) is 0 Å². The zero-order chi connectivity index (χ0) is 45.7. The van der Waals surface area contributed by atoms with Crippen LogP contribution >= 0.6 is 22.9 Å². The Hall–Kier alpha value is -6.36. The molecule has 9 rings (SSSR count). The van der Waals surface area contributed by atoms with Crippen LogP contribution in [0.2, 0.25) is 5.02 Å². The number of hydrogen-bond acceptors (Lipinski definition) is 11. The largest absolute Gasteiger partial charge is 0.508 e. The number of carbonyl (C=O) groups excluding carboxylic acids is 2. The van der Waals surface area contributed by atoms with Gasteiger partial charge in [-0.05, 0) is 112 Å². The highest BCUT2D eigenvalue weighted by molar-refractivity contribution is 7.15. The number of phenolic OH excluding ortho intramolecular Hbond substituents is 2. The molecular weight excluding hydrogens is 864 g/mol. The number of aromatic amines is 1. The van der Waals surface area contributed by atoms with Gasteiger partial charge in [-0.3, -0.25) is 24.0 Å². The Morgan fingerprint density at radius 3 is 2.42 bits per heavy atom. The van der Waals surface area contributed by atoms with Crippen molar-refractivity contribution < 1.29 is 19.8 Å². The summed E-state index contributed by atoms with van der Waals surface area (Å²) >= 11 is 7.92. The van der Waals surface area contributed by atoms with Crippen LogP contribution in [0.3, 0.4) is 0 Å². The van der Waals surface area contributed by atoms with Gasteiger partial charge in [0.1, 0.15) is 28.4 Å². The lowest BCUT2D eigenvalue weighted by Gasteiger charge is -2.33. The fourth-order valence-electron chi connectivity index (χ4n) is 9.24. The fraction of sp³-hybridized carbons (Fsp3) is 0.354. The number of piperidine rings is 1. The first kappa shape index (κ1) is 43.9. The van der Waals surface area contributed by atoms with Gasteiger partial charge in [-0.15, -0.1) is 21.5 Å². The number of carbonyl (C=O) groups is 2. The summed E-state index contributed by atoms with van der Waals surface area (Å²) in [7, 11) is 0. The number of H-pyrrole nitrogens is 1. The minimum absolute atomic E-state index is 0.0138. The van der Waals surface area contributed by atoms with Crippen LogP contribution in [0.5, 0.6) is 11.5 Å². The Bertz CT molecular complexity index is 2910. The molecule has 3 aliphatic heterocycles. The molecule has 1 unspecified atom stereocenters. The Morgan fingerprint density at radius 2 is 1.69 bits per heavy atom. The zero-order valence-corrected chi connectivity index (χ0v) is 38.3. The van der Waals surface area contributed by atoms with Crippen molar-refractivity contribution in [1.82, 2.24) is 44.6 Å². The van der Waals surface area contributed by atoms with E-state index in [1.807, 2.05) is 71.8 Å². The Labute approximate surface area is 385 Å². The highest BCUT2D eigenvalue weighted by Gasteiger charge is 2.36. The van der Waals surface area contributed by atoms with Crippen LogP contribution < -0.4 is 11.0 Å². The zero-order valence-electron chi connectivity index (χ0n) is 36.8. The molecule has 15 nitrogen and oxygen atoms in total. The Balaban J connectivity index is 0.791. The molecule has 6 heterocycles. The van der Waals surface area contributed by atoms with Crippen LogP contribution in [-0.4, -0.2) is 99.8 Å². The summed E-state index contributed by atoms with van der Waals surface area (Å²) in [5.74, 6) is 1.20. The van der Waals surface area contributed by atoms with Crippen molar-refractivity contribution in [2.24, 2.45) is 16.8 Å². The number of thiophene rings is 1. The van der Waals surface area contributed by atoms with E-state index in [0.29, 0.717) is 66.1 Å². The van der Waals surface area contributed by atoms with Gasteiger partial charge < -0.3 is 20.4 Å². The quantitative estimate of drug-likeness (QED) is 0.102. The third-order valence-corrected chi connectivity index (χ3v) is 14.5. The summed E-state index contributed by atoms with van der Waals surface area (Å²) in [6.45, 7) is 16.1. The van der Waals surface area contributed by atoms with E-state index in [4.69, 9.17) is 16.6 Å². The number of aryl methyl sites for hydroxylation is 3. The molecule has 65 heavy (non-hydrogen) atoms. The maximum Gasteiger partial charge on any atom is 0.348 e. The predicted molar refractivity (Wildman–Crippen MR) is 250 cm³/mol. The lowest BCUT2D eigenvalue weighted by molar-refractivity contribution is -0.136. The lowest BCUT2D eigenvalue weighted by atomic mass is 9.95. The fourth-order valence-corrected chi connectivity index (χ4v) is 10.6. The average molecular weight is 916 g/mol. The van der Waals surface area contributed by atoms with Crippen molar-refractivity contribution in [3.8, 4) is 33.6 Å². The molecular formula is C48H51ClN10O5S. The summed E-state index contributed by atoms with van der Waals surface area (Å²) in [4.78, 5) is 51.2. The van der Waals surface area contributed by atoms with Gasteiger partial charge in [0, 0.05) is 64.8 Å². The van der Waals surface area contributed by atoms with E-state index < -0.39 is 11.7 Å². The molecule has 2 fully saturated rings. The van der Waals surface area contributed by atoms with Crippen molar-refractivity contribution in [3.63, 3.8) is 0 Å². The first-order valence-electron chi connectivity index (χ1n) is 22.0. The van der Waals surface area contributed by atoms with Gasteiger partial charge in [-0.25, -0.2) is 14.5 Å². The van der Waals surface area contributed by atoms with Crippen molar-refractivity contribution in [3.05, 3.63) is 133 Å². The van der Waals surface area contributed by atoms with E-state index in [1.54, 1.807) is 17.4 Å². The number of nitrogens with zero attached hydrogens (tertiary/aromatic N) is 8. The number of amides is 2. The molecule has 3 aromatic carbocycles. The maximum atomic E-state index is 13.9. The smallest absolute Gasteiger partial charge is 0.348 e. The molecule has 0 radical (unpaired) electrons. The molecule has 336 valence electrons. The number of fused-ring (bicyclic) bond motifs is 3. The number of rotatable bonds is 11. The van der Waals surface area contributed by atoms with Crippen molar-refractivity contribution in [2.45, 2.75) is 66.0 Å². The number of aliphatic imine (C=N–C) groups is 1. The van der Waals surface area contributed by atoms with Crippen LogP contribution in [0.25, 0.3) is 22.1 Å². The van der Waals surface area contributed by atoms with Crippen molar-refractivity contribution in [2.75, 3.05) is 32.7 Å². The maximum absolute atomic E-state index is 13.9. The van der Waals surface area contributed by atoms with Gasteiger partial charge in [-0.1, -0.05) is 49.4 Å². The van der Waals surface area contributed by atoms with Crippen LogP contribution in [0, 0.1) is 32.6 Å². The monoisotopic (exact) mass is 914 g/mol. The summed E-state index contributed by atoms with van der Waals surface area (Å²) in [5.41, 5.74) is 6.15. The van der Waals surface area contributed by atoms with Crippen LogP contribution in [0.1, 0.15) is 76.6 Å². The number of aromatic nitrogens is 6. The number of halogens is 1. The molecule has 0 aliphatic carbocycles. The molecule has 2 amide bonds. The number of phenols is 2. The van der Waals surface area contributed by atoms with E-state index in [2.05, 4.69) is 51.0 Å². The second-order valence-corrected chi connectivity index (χ2v) is 18.9. The van der Waals surface area contributed by atoms with Gasteiger partial charge >= 0.3 is 5.69 Å². The van der Waals surface area contributed by atoms with E-state index in [-0.39, 0.29) is 46.5 Å². The van der Waals surface area contributed by atoms with Crippen LogP contribution in [0.15, 0.2) is 82.6 Å². The molecule has 0 bridgehead atoms. The number of likely N-dealkylation sites (tertiary alicyclic amines) is 2. The van der Waals surface area contributed by atoms with Gasteiger partial charge in [0.15, 0.2) is 11.6 Å². The average Bonchev–Trinajstić information content (AvgIpc) is 4.08. The third kappa shape index (κ3) is 8.41. The second-order valence-electron chi connectivity index (χ2n) is 17.2. The molecule has 3 aliphatic rings. The van der Waals surface area contributed by atoms with Crippen molar-refractivity contribution in [1.29, 1.82) is 0 Å². The summed E-state index contributed by atoms with van der Waals surface area (Å²) in [6.07, 6.45) is 2.86. The van der Waals surface area contributed by atoms with Gasteiger partial charge in [0.2, 0.25) is 11.8 Å². The molecule has 17 heteroatoms. The molecule has 0 spiro atoms. The summed E-state index contributed by atoms with van der Waals surface area (Å²) in [5, 5.41) is 41.1. The second kappa shape index (κ2) is 17.9. The van der Waals surface area contributed by atoms with E-state index in [9.17, 15) is 24.6 Å². The molecule has 6 aromatic rings. The normalized spacial score (nSPS) is 17.7. The van der Waals surface area contributed by atoms with E-state index in [0.717, 1.165) is 70.2 Å². The highest BCUT2D eigenvalue weighted by Crippen LogP contribution is 2.41.